The van der Waals surface area contributed by atoms with Crippen LogP contribution in [0, 0.1) is 0 Å². The van der Waals surface area contributed by atoms with Gasteiger partial charge in [-0.1, -0.05) is 36.9 Å². The number of fused-ring (bicyclic) bond motifs is 1. The summed E-state index contributed by atoms with van der Waals surface area (Å²) in [5.74, 6) is 1.54. The highest BCUT2D eigenvalue weighted by molar-refractivity contribution is 5.83. The average molecular weight is 341 g/mol. The van der Waals surface area contributed by atoms with E-state index in [1.165, 1.54) is 0 Å². The maximum absolute atomic E-state index is 4.69. The number of anilines is 2. The third-order valence-corrected chi connectivity index (χ3v) is 4.22. The maximum atomic E-state index is 4.69. The number of H-pyrrole nitrogens is 1. The molecule has 4 aromatic rings. The van der Waals surface area contributed by atoms with E-state index in [0.717, 1.165) is 45.2 Å². The van der Waals surface area contributed by atoms with Crippen LogP contribution in [0.1, 0.15) is 5.56 Å². The zero-order valence-electron chi connectivity index (χ0n) is 14.5. The van der Waals surface area contributed by atoms with Crippen LogP contribution in [0.15, 0.2) is 73.4 Å². The van der Waals surface area contributed by atoms with Crippen molar-refractivity contribution in [2.45, 2.75) is 0 Å². The molecule has 128 valence electrons. The lowest BCUT2D eigenvalue weighted by Gasteiger charge is -2.08. The summed E-state index contributed by atoms with van der Waals surface area (Å²) in [5.41, 5.74) is 5.68. The molecule has 26 heavy (non-hydrogen) atoms. The fourth-order valence-corrected chi connectivity index (χ4v) is 2.78. The normalized spacial score (nSPS) is 10.7. The van der Waals surface area contributed by atoms with Gasteiger partial charge in [-0.15, -0.1) is 0 Å². The second-order valence-corrected chi connectivity index (χ2v) is 5.97. The minimum Gasteiger partial charge on any atom is -0.388 e. The van der Waals surface area contributed by atoms with Gasteiger partial charge in [0.25, 0.3) is 0 Å². The highest BCUT2D eigenvalue weighted by Crippen LogP contribution is 2.24. The van der Waals surface area contributed by atoms with Crippen LogP contribution in [-0.2, 0) is 0 Å². The highest BCUT2D eigenvalue weighted by Gasteiger charge is 2.08. The van der Waals surface area contributed by atoms with E-state index in [1.54, 1.807) is 6.20 Å². The number of hydrogen-bond acceptors (Lipinski definition) is 4. The largest absolute Gasteiger partial charge is 0.388 e. The summed E-state index contributed by atoms with van der Waals surface area (Å²) < 4.78 is 0. The van der Waals surface area contributed by atoms with E-state index in [-0.39, 0.29) is 0 Å². The van der Waals surface area contributed by atoms with Crippen LogP contribution < -0.4 is 10.6 Å². The molecule has 0 aliphatic carbocycles. The summed E-state index contributed by atoms with van der Waals surface area (Å²) >= 11 is 0. The van der Waals surface area contributed by atoms with Crippen LogP contribution in [0.3, 0.4) is 0 Å². The number of rotatable bonds is 5. The Hall–Kier alpha value is -3.60. The van der Waals surface area contributed by atoms with Crippen molar-refractivity contribution in [3.05, 3.63) is 79.0 Å². The molecular weight excluding hydrogens is 322 g/mol. The van der Waals surface area contributed by atoms with Crippen molar-refractivity contribution >= 4 is 28.2 Å². The molecular formula is C21H19N5. The Morgan fingerprint density at radius 3 is 2.54 bits per heavy atom. The van der Waals surface area contributed by atoms with Gasteiger partial charge < -0.3 is 15.6 Å². The van der Waals surface area contributed by atoms with Gasteiger partial charge in [-0.2, -0.15) is 0 Å². The van der Waals surface area contributed by atoms with Gasteiger partial charge in [0.15, 0.2) is 0 Å². The van der Waals surface area contributed by atoms with E-state index in [0.29, 0.717) is 0 Å². The first kappa shape index (κ1) is 15.9. The van der Waals surface area contributed by atoms with Gasteiger partial charge in [-0.3, -0.25) is 0 Å². The molecule has 0 saturated heterocycles. The van der Waals surface area contributed by atoms with Crippen LogP contribution in [0.4, 0.5) is 11.5 Å². The molecule has 5 heteroatoms. The van der Waals surface area contributed by atoms with E-state index in [9.17, 15) is 0 Å². The number of aromatic amines is 1. The first-order valence-electron chi connectivity index (χ1n) is 8.38. The smallest absolute Gasteiger partial charge is 0.138 e. The van der Waals surface area contributed by atoms with E-state index < -0.39 is 0 Å². The van der Waals surface area contributed by atoms with Gasteiger partial charge in [-0.05, 0) is 29.8 Å². The van der Waals surface area contributed by atoms with Gasteiger partial charge in [0.05, 0.1) is 17.2 Å². The topological polar surface area (TPSA) is 65.6 Å². The van der Waals surface area contributed by atoms with Gasteiger partial charge in [0, 0.05) is 30.1 Å². The van der Waals surface area contributed by atoms with Crippen LogP contribution >= 0.6 is 0 Å². The number of aromatic nitrogens is 3. The molecule has 4 rings (SSSR count). The predicted octanol–water partition coefficient (Wildman–Crippen LogP) is 4.75. The standard InChI is InChI=1S/C21H19N5/c1-14(15-6-4-3-5-7-15)24-20-12-18-19(13-23-20)26-21(25-18)16-8-10-17(22-2)11-9-16/h3-13,22H,1H2,2H3,(H,23,24)(H,25,26). The Balaban J connectivity index is 1.60. The van der Waals surface area contributed by atoms with E-state index in [2.05, 4.69) is 27.2 Å². The molecule has 0 amide bonds. The molecule has 0 spiro atoms. The SMILES string of the molecule is C=C(Nc1cc2nc(-c3ccc(NC)cc3)[nH]c2cn1)c1ccccc1. The number of nitrogens with one attached hydrogen (secondary N) is 3. The molecule has 2 heterocycles. The van der Waals surface area contributed by atoms with Crippen molar-refractivity contribution in [3.8, 4) is 11.4 Å². The number of benzene rings is 2. The second-order valence-electron chi connectivity index (χ2n) is 5.97. The summed E-state index contributed by atoms with van der Waals surface area (Å²) in [5, 5.41) is 6.36. The van der Waals surface area contributed by atoms with Gasteiger partial charge in [0.2, 0.25) is 0 Å². The lowest BCUT2D eigenvalue weighted by Crippen LogP contribution is -1.99. The summed E-state index contributed by atoms with van der Waals surface area (Å²) in [6.45, 7) is 4.08. The van der Waals surface area contributed by atoms with Crippen molar-refractivity contribution in [3.63, 3.8) is 0 Å². The molecule has 2 aromatic heterocycles. The Morgan fingerprint density at radius 1 is 1.04 bits per heavy atom. The van der Waals surface area contributed by atoms with Crippen molar-refractivity contribution in [2.75, 3.05) is 17.7 Å². The summed E-state index contributed by atoms with van der Waals surface area (Å²) in [7, 11) is 1.90. The highest BCUT2D eigenvalue weighted by atomic mass is 15.0. The van der Waals surface area contributed by atoms with Crippen LogP contribution in [0.25, 0.3) is 28.1 Å². The predicted molar refractivity (Wildman–Crippen MR) is 108 cm³/mol. The molecule has 0 fully saturated rings. The Kier molecular flexibility index (Phi) is 4.11. The van der Waals surface area contributed by atoms with Crippen molar-refractivity contribution in [2.24, 2.45) is 0 Å². The summed E-state index contributed by atoms with van der Waals surface area (Å²) in [6, 6.07) is 20.0. The third kappa shape index (κ3) is 3.15. The van der Waals surface area contributed by atoms with Crippen molar-refractivity contribution < 1.29 is 0 Å². The lowest BCUT2D eigenvalue weighted by molar-refractivity contribution is 1.32. The summed E-state index contributed by atoms with van der Waals surface area (Å²) in [6.07, 6.45) is 1.79. The minimum absolute atomic E-state index is 0.718. The van der Waals surface area contributed by atoms with E-state index >= 15 is 0 Å². The number of pyridine rings is 1. The van der Waals surface area contributed by atoms with Crippen molar-refractivity contribution in [1.29, 1.82) is 0 Å². The Bertz CT molecular complexity index is 1050. The first-order valence-corrected chi connectivity index (χ1v) is 8.38. The number of hydrogen-bond donors (Lipinski definition) is 3. The zero-order chi connectivity index (χ0) is 17.9. The van der Waals surface area contributed by atoms with Crippen molar-refractivity contribution in [1.82, 2.24) is 15.0 Å². The molecule has 0 atom stereocenters. The molecule has 0 saturated carbocycles. The molecule has 5 nitrogen and oxygen atoms in total. The molecule has 0 bridgehead atoms. The summed E-state index contributed by atoms with van der Waals surface area (Å²) in [4.78, 5) is 12.5. The Labute approximate surface area is 151 Å². The molecule has 0 aliphatic rings. The minimum atomic E-state index is 0.718. The van der Waals surface area contributed by atoms with Crippen LogP contribution in [-0.4, -0.2) is 22.0 Å². The van der Waals surface area contributed by atoms with Crippen LogP contribution in [0.2, 0.25) is 0 Å². The molecule has 0 unspecified atom stereocenters. The van der Waals surface area contributed by atoms with Gasteiger partial charge >= 0.3 is 0 Å². The van der Waals surface area contributed by atoms with Crippen LogP contribution in [0.5, 0.6) is 0 Å². The quantitative estimate of drug-likeness (QED) is 0.490. The number of imidazole rings is 1. The van der Waals surface area contributed by atoms with E-state index in [4.69, 9.17) is 4.98 Å². The fourth-order valence-electron chi connectivity index (χ4n) is 2.78. The third-order valence-electron chi connectivity index (χ3n) is 4.22. The van der Waals surface area contributed by atoms with Gasteiger partial charge in [-0.25, -0.2) is 9.97 Å². The lowest BCUT2D eigenvalue weighted by atomic mass is 10.2. The van der Waals surface area contributed by atoms with Gasteiger partial charge in [0.1, 0.15) is 11.6 Å². The maximum Gasteiger partial charge on any atom is 0.138 e. The average Bonchev–Trinajstić information content (AvgIpc) is 3.12. The number of nitrogens with zero attached hydrogens (tertiary/aromatic N) is 2. The fraction of sp³-hybridized carbons (Fsp3) is 0.0476. The first-order chi connectivity index (χ1) is 12.7. The zero-order valence-corrected chi connectivity index (χ0v) is 14.5. The monoisotopic (exact) mass is 341 g/mol. The Morgan fingerprint density at radius 2 is 1.81 bits per heavy atom. The molecule has 0 radical (unpaired) electrons. The molecule has 2 aromatic carbocycles. The van der Waals surface area contributed by atoms with E-state index in [1.807, 2.05) is 67.7 Å². The molecule has 0 aliphatic heterocycles. The molecule has 3 N–H and O–H groups in total. The second kappa shape index (κ2) is 6.72.